The lowest BCUT2D eigenvalue weighted by molar-refractivity contribution is -0.146. The molecule has 0 bridgehead atoms. The number of aliphatic hydroxyl groups excluding tert-OH is 1. The van der Waals surface area contributed by atoms with Crippen molar-refractivity contribution in [2.45, 2.75) is 6.04 Å². The van der Waals surface area contributed by atoms with Crippen molar-refractivity contribution in [1.29, 1.82) is 0 Å². The van der Waals surface area contributed by atoms with Crippen LogP contribution in [-0.4, -0.2) is 39.3 Å². The molecule has 26 heavy (non-hydrogen) atoms. The third-order valence-corrected chi connectivity index (χ3v) is 4.61. The van der Waals surface area contributed by atoms with Crippen molar-refractivity contribution in [2.75, 3.05) is 6.54 Å². The van der Waals surface area contributed by atoms with Crippen LogP contribution in [0.5, 0.6) is 0 Å². The first-order valence-corrected chi connectivity index (χ1v) is 8.50. The Labute approximate surface area is 157 Å². The molecule has 1 amide bonds. The van der Waals surface area contributed by atoms with Crippen LogP contribution in [0, 0.1) is 0 Å². The van der Waals surface area contributed by atoms with Gasteiger partial charge in [0.05, 0.1) is 11.6 Å². The van der Waals surface area contributed by atoms with Gasteiger partial charge in [0, 0.05) is 10.0 Å². The molecule has 1 aliphatic rings. The average molecular weight is 416 g/mol. The summed E-state index contributed by atoms with van der Waals surface area (Å²) in [6, 6.07) is 14.2. The monoisotopic (exact) mass is 415 g/mol. The largest absolute Gasteiger partial charge is 0.507 e. The average Bonchev–Trinajstić information content (AvgIpc) is 2.87. The summed E-state index contributed by atoms with van der Waals surface area (Å²) >= 11 is 3.29. The molecule has 0 unspecified atom stereocenters. The molecule has 0 aromatic heterocycles. The molecular formula is C19H14BrNO5. The highest BCUT2D eigenvalue weighted by atomic mass is 79.9. The van der Waals surface area contributed by atoms with Crippen molar-refractivity contribution in [2.24, 2.45) is 0 Å². The summed E-state index contributed by atoms with van der Waals surface area (Å²) in [5, 5.41) is 19.8. The maximum atomic E-state index is 12.6. The van der Waals surface area contributed by atoms with Gasteiger partial charge in [-0.3, -0.25) is 14.4 Å². The van der Waals surface area contributed by atoms with Gasteiger partial charge < -0.3 is 15.1 Å². The number of Topliss-reactive ketones (excluding diaryl/α,β-unsaturated/α-hetero) is 1. The topological polar surface area (TPSA) is 94.9 Å². The number of carbonyl (C=O) groups excluding carboxylic acids is 2. The predicted octanol–water partition coefficient (Wildman–Crippen LogP) is 2.96. The maximum Gasteiger partial charge on any atom is 0.323 e. The highest BCUT2D eigenvalue weighted by Gasteiger charge is 2.46. The van der Waals surface area contributed by atoms with Gasteiger partial charge in [-0.1, -0.05) is 58.4 Å². The first-order valence-electron chi connectivity index (χ1n) is 7.71. The van der Waals surface area contributed by atoms with Gasteiger partial charge in [-0.15, -0.1) is 0 Å². The van der Waals surface area contributed by atoms with Crippen LogP contribution in [0.15, 0.2) is 64.6 Å². The van der Waals surface area contributed by atoms with Crippen LogP contribution < -0.4 is 0 Å². The number of halogens is 1. The molecule has 1 heterocycles. The Hall–Kier alpha value is -2.93. The Morgan fingerprint density at radius 1 is 1.00 bits per heavy atom. The molecule has 1 atom stereocenters. The number of hydrogen-bond acceptors (Lipinski definition) is 4. The molecule has 7 heteroatoms. The quantitative estimate of drug-likeness (QED) is 0.454. The molecule has 132 valence electrons. The van der Waals surface area contributed by atoms with Gasteiger partial charge in [0.15, 0.2) is 0 Å². The standard InChI is InChI=1S/C19H14BrNO5/c20-13-8-6-12(7-9-13)17(24)15-16(11-4-2-1-3-5-11)21(10-14(22)23)19(26)18(15)25/h1-9,16,24H,10H2,(H,22,23)/b17-15+/t16-/m0/s1. The summed E-state index contributed by atoms with van der Waals surface area (Å²) in [6.45, 7) is -0.638. The molecule has 2 N–H and O–H groups in total. The Morgan fingerprint density at radius 3 is 2.19 bits per heavy atom. The van der Waals surface area contributed by atoms with Gasteiger partial charge in [0.1, 0.15) is 12.3 Å². The summed E-state index contributed by atoms with van der Waals surface area (Å²) < 4.78 is 0.792. The van der Waals surface area contributed by atoms with Crippen LogP contribution in [0.25, 0.3) is 5.76 Å². The normalized spacial score (nSPS) is 19.0. The van der Waals surface area contributed by atoms with Crippen molar-refractivity contribution >= 4 is 39.3 Å². The Morgan fingerprint density at radius 2 is 1.62 bits per heavy atom. The van der Waals surface area contributed by atoms with E-state index in [4.69, 9.17) is 5.11 Å². The van der Waals surface area contributed by atoms with Gasteiger partial charge in [0.2, 0.25) is 0 Å². The first kappa shape index (κ1) is 17.9. The zero-order valence-corrected chi connectivity index (χ0v) is 15.0. The molecule has 0 aliphatic carbocycles. The second-order valence-corrected chi connectivity index (χ2v) is 6.65. The van der Waals surface area contributed by atoms with Crippen molar-refractivity contribution in [3.63, 3.8) is 0 Å². The predicted molar refractivity (Wildman–Crippen MR) is 97.2 cm³/mol. The number of ketones is 1. The Kier molecular flexibility index (Phi) is 4.90. The minimum absolute atomic E-state index is 0.121. The molecule has 1 fully saturated rings. The minimum atomic E-state index is -1.24. The van der Waals surface area contributed by atoms with Crippen LogP contribution >= 0.6 is 15.9 Å². The molecular weight excluding hydrogens is 402 g/mol. The van der Waals surface area contributed by atoms with E-state index in [1.54, 1.807) is 54.6 Å². The second kappa shape index (κ2) is 7.13. The highest BCUT2D eigenvalue weighted by Crippen LogP contribution is 2.39. The summed E-state index contributed by atoms with van der Waals surface area (Å²) in [6.07, 6.45) is 0. The summed E-state index contributed by atoms with van der Waals surface area (Å²) in [4.78, 5) is 37.1. The number of amides is 1. The number of carboxylic acids is 1. The zero-order valence-electron chi connectivity index (χ0n) is 13.4. The fourth-order valence-corrected chi connectivity index (χ4v) is 3.20. The lowest BCUT2D eigenvalue weighted by atomic mass is 9.95. The zero-order chi connectivity index (χ0) is 18.8. The van der Waals surface area contributed by atoms with Crippen molar-refractivity contribution < 1.29 is 24.6 Å². The van der Waals surface area contributed by atoms with Crippen molar-refractivity contribution in [3.05, 3.63) is 75.8 Å². The van der Waals surface area contributed by atoms with Crippen molar-refractivity contribution in [1.82, 2.24) is 4.90 Å². The number of carbonyl (C=O) groups is 3. The Bertz CT molecular complexity index is 905. The summed E-state index contributed by atoms with van der Waals surface area (Å²) in [5.41, 5.74) is 0.791. The molecule has 3 rings (SSSR count). The number of nitrogens with zero attached hydrogens (tertiary/aromatic N) is 1. The molecule has 0 spiro atoms. The third-order valence-electron chi connectivity index (χ3n) is 4.08. The molecule has 0 radical (unpaired) electrons. The highest BCUT2D eigenvalue weighted by molar-refractivity contribution is 9.10. The summed E-state index contributed by atoms with van der Waals surface area (Å²) in [7, 11) is 0. The first-order chi connectivity index (χ1) is 12.4. The third kappa shape index (κ3) is 3.25. The van der Waals surface area contributed by atoms with E-state index in [-0.39, 0.29) is 11.3 Å². The van der Waals surface area contributed by atoms with E-state index in [1.165, 1.54) is 0 Å². The van der Waals surface area contributed by atoms with E-state index in [2.05, 4.69) is 15.9 Å². The van der Waals surface area contributed by atoms with Gasteiger partial charge >= 0.3 is 5.97 Å². The van der Waals surface area contributed by atoms with Gasteiger partial charge in [-0.25, -0.2) is 0 Å². The van der Waals surface area contributed by atoms with E-state index in [1.807, 2.05) is 0 Å². The van der Waals surface area contributed by atoms with E-state index in [0.29, 0.717) is 11.1 Å². The molecule has 2 aromatic carbocycles. The van der Waals surface area contributed by atoms with Crippen LogP contribution in [0.4, 0.5) is 0 Å². The molecule has 0 saturated carbocycles. The Balaban J connectivity index is 2.18. The minimum Gasteiger partial charge on any atom is -0.507 e. The molecule has 1 saturated heterocycles. The fourth-order valence-electron chi connectivity index (χ4n) is 2.93. The van der Waals surface area contributed by atoms with Crippen LogP contribution in [0.1, 0.15) is 17.2 Å². The molecule has 2 aromatic rings. The molecule has 6 nitrogen and oxygen atoms in total. The van der Waals surface area contributed by atoms with Crippen LogP contribution in [-0.2, 0) is 14.4 Å². The van der Waals surface area contributed by atoms with Gasteiger partial charge in [-0.05, 0) is 17.7 Å². The number of carboxylic acid groups (broad SMARTS) is 1. The summed E-state index contributed by atoms with van der Waals surface area (Å²) in [5.74, 6) is -3.42. The van der Waals surface area contributed by atoms with Crippen LogP contribution in [0.3, 0.4) is 0 Å². The van der Waals surface area contributed by atoms with Gasteiger partial charge in [-0.2, -0.15) is 0 Å². The fraction of sp³-hybridized carbons (Fsp3) is 0.105. The maximum absolute atomic E-state index is 12.6. The van der Waals surface area contributed by atoms with Crippen molar-refractivity contribution in [3.8, 4) is 0 Å². The van der Waals surface area contributed by atoms with E-state index < -0.39 is 30.2 Å². The number of aliphatic carboxylic acids is 1. The van der Waals surface area contributed by atoms with E-state index in [0.717, 1.165) is 9.37 Å². The van der Waals surface area contributed by atoms with E-state index in [9.17, 15) is 19.5 Å². The SMILES string of the molecule is O=C(O)CN1C(=O)C(=O)/C(=C(/O)c2ccc(Br)cc2)[C@@H]1c1ccccc1. The van der Waals surface area contributed by atoms with E-state index >= 15 is 0 Å². The van der Waals surface area contributed by atoms with Crippen LogP contribution in [0.2, 0.25) is 0 Å². The second-order valence-electron chi connectivity index (χ2n) is 5.74. The van der Waals surface area contributed by atoms with Gasteiger partial charge in [0.25, 0.3) is 11.7 Å². The number of rotatable bonds is 4. The lowest BCUT2D eigenvalue weighted by Crippen LogP contribution is -2.34. The molecule has 1 aliphatic heterocycles. The number of likely N-dealkylation sites (tertiary alicyclic amines) is 1. The number of benzene rings is 2. The number of hydrogen-bond donors (Lipinski definition) is 2. The lowest BCUT2D eigenvalue weighted by Gasteiger charge is -2.23. The smallest absolute Gasteiger partial charge is 0.323 e. The number of aliphatic hydroxyl groups is 1.